The third kappa shape index (κ3) is 2.88. The van der Waals surface area contributed by atoms with E-state index < -0.39 is 0 Å². The van der Waals surface area contributed by atoms with E-state index in [9.17, 15) is 9.18 Å². The summed E-state index contributed by atoms with van der Waals surface area (Å²) in [7, 11) is 0. The molecule has 0 saturated heterocycles. The van der Waals surface area contributed by atoms with Gasteiger partial charge in [-0.1, -0.05) is 18.2 Å². The minimum absolute atomic E-state index is 0.0219. The molecule has 0 aromatic heterocycles. The van der Waals surface area contributed by atoms with Crippen LogP contribution in [0, 0.1) is 5.82 Å². The molecule has 3 nitrogen and oxygen atoms in total. The van der Waals surface area contributed by atoms with Gasteiger partial charge in [0.05, 0.1) is 5.75 Å². The summed E-state index contributed by atoms with van der Waals surface area (Å²) in [4.78, 5) is 14.7. The van der Waals surface area contributed by atoms with Crippen LogP contribution in [0.25, 0.3) is 0 Å². The number of benzene rings is 2. The Morgan fingerprint density at radius 3 is 2.95 bits per heavy atom. The molecule has 0 fully saturated rings. The molecule has 1 amide bonds. The number of carbonyl (C=O) groups excluding carboxylic acids is 1. The highest BCUT2D eigenvalue weighted by Crippen LogP contribution is 2.30. The van der Waals surface area contributed by atoms with Crippen LogP contribution in [-0.2, 0) is 11.2 Å². The molecule has 2 aromatic carbocycles. The summed E-state index contributed by atoms with van der Waals surface area (Å²) in [5, 5.41) is 0. The Kier molecular flexibility index (Phi) is 3.84. The maximum atomic E-state index is 13.2. The van der Waals surface area contributed by atoms with E-state index in [2.05, 4.69) is 0 Å². The van der Waals surface area contributed by atoms with Gasteiger partial charge >= 0.3 is 0 Å². The molecule has 0 aliphatic carbocycles. The van der Waals surface area contributed by atoms with E-state index in [1.54, 1.807) is 4.90 Å². The number of halogens is 1. The van der Waals surface area contributed by atoms with Crippen molar-refractivity contribution in [1.29, 1.82) is 0 Å². The summed E-state index contributed by atoms with van der Waals surface area (Å²) in [6.45, 7) is 0.706. The van der Waals surface area contributed by atoms with Crippen LogP contribution in [0.5, 0.6) is 0 Å². The van der Waals surface area contributed by atoms with E-state index in [4.69, 9.17) is 5.73 Å². The molecule has 1 heterocycles. The standard InChI is InChI=1S/C16H15FN2OS/c17-12-5-6-13(18)15(9-12)21-10-16(20)19-8-7-11-3-1-2-4-14(11)19/h1-6,9H,7-8,10,18H2. The molecule has 0 atom stereocenters. The van der Waals surface area contributed by atoms with Gasteiger partial charge in [0.15, 0.2) is 0 Å². The zero-order chi connectivity index (χ0) is 14.8. The van der Waals surface area contributed by atoms with Crippen molar-refractivity contribution in [3.8, 4) is 0 Å². The van der Waals surface area contributed by atoms with Gasteiger partial charge < -0.3 is 10.6 Å². The molecule has 3 rings (SSSR count). The summed E-state index contributed by atoms with van der Waals surface area (Å²) in [5.74, 6) is -0.0681. The first-order valence-corrected chi connectivity index (χ1v) is 7.70. The highest BCUT2D eigenvalue weighted by molar-refractivity contribution is 8.00. The zero-order valence-electron chi connectivity index (χ0n) is 11.4. The number of nitrogens with two attached hydrogens (primary N) is 1. The first-order chi connectivity index (χ1) is 10.1. The van der Waals surface area contributed by atoms with Gasteiger partial charge in [-0.3, -0.25) is 4.79 Å². The molecule has 5 heteroatoms. The number of para-hydroxylation sites is 1. The van der Waals surface area contributed by atoms with E-state index in [0.717, 1.165) is 12.1 Å². The number of amides is 1. The number of thioether (sulfide) groups is 1. The van der Waals surface area contributed by atoms with Gasteiger partial charge in [-0.25, -0.2) is 4.39 Å². The van der Waals surface area contributed by atoms with Crippen molar-refractivity contribution in [3.63, 3.8) is 0 Å². The van der Waals surface area contributed by atoms with E-state index in [-0.39, 0.29) is 17.5 Å². The van der Waals surface area contributed by atoms with Crippen molar-refractivity contribution < 1.29 is 9.18 Å². The maximum Gasteiger partial charge on any atom is 0.237 e. The number of carbonyl (C=O) groups is 1. The second-order valence-corrected chi connectivity index (χ2v) is 5.91. The lowest BCUT2D eigenvalue weighted by Crippen LogP contribution is -2.30. The number of fused-ring (bicyclic) bond motifs is 1. The van der Waals surface area contributed by atoms with Gasteiger partial charge in [-0.15, -0.1) is 11.8 Å². The van der Waals surface area contributed by atoms with E-state index in [1.165, 1.54) is 35.5 Å². The minimum atomic E-state index is -0.342. The van der Waals surface area contributed by atoms with E-state index >= 15 is 0 Å². The number of nitrogen functional groups attached to an aromatic ring is 1. The molecule has 0 saturated carbocycles. The molecule has 1 aliphatic rings. The monoisotopic (exact) mass is 302 g/mol. The number of anilines is 2. The third-order valence-electron chi connectivity index (χ3n) is 3.51. The molecule has 108 valence electrons. The average molecular weight is 302 g/mol. The predicted molar refractivity (Wildman–Crippen MR) is 84.0 cm³/mol. The zero-order valence-corrected chi connectivity index (χ0v) is 12.2. The summed E-state index contributed by atoms with van der Waals surface area (Å²) < 4.78 is 13.2. The van der Waals surface area contributed by atoms with Gasteiger partial charge in [0.25, 0.3) is 0 Å². The van der Waals surface area contributed by atoms with Crippen molar-refractivity contribution in [2.75, 3.05) is 22.9 Å². The molecule has 2 N–H and O–H groups in total. The summed E-state index contributed by atoms with van der Waals surface area (Å²) >= 11 is 1.27. The number of rotatable bonds is 3. The molecule has 0 radical (unpaired) electrons. The van der Waals surface area contributed by atoms with Crippen LogP contribution < -0.4 is 10.6 Å². The Morgan fingerprint density at radius 1 is 1.29 bits per heavy atom. The van der Waals surface area contributed by atoms with Crippen LogP contribution in [0.1, 0.15) is 5.56 Å². The number of hydrogen-bond acceptors (Lipinski definition) is 3. The molecular formula is C16H15FN2OS. The minimum Gasteiger partial charge on any atom is -0.398 e. The number of nitrogens with zero attached hydrogens (tertiary/aromatic N) is 1. The summed E-state index contributed by atoms with van der Waals surface area (Å²) in [6.07, 6.45) is 0.884. The van der Waals surface area contributed by atoms with Crippen molar-refractivity contribution in [3.05, 3.63) is 53.8 Å². The van der Waals surface area contributed by atoms with Crippen molar-refractivity contribution in [1.82, 2.24) is 0 Å². The van der Waals surface area contributed by atoms with Crippen molar-refractivity contribution in [2.45, 2.75) is 11.3 Å². The Hall–Kier alpha value is -2.01. The second kappa shape index (κ2) is 5.77. The van der Waals surface area contributed by atoms with Crippen LogP contribution in [0.15, 0.2) is 47.4 Å². The average Bonchev–Trinajstić information content (AvgIpc) is 2.92. The van der Waals surface area contributed by atoms with Gasteiger partial charge in [0.1, 0.15) is 5.82 Å². The molecule has 0 spiro atoms. The molecule has 0 bridgehead atoms. The predicted octanol–water partition coefficient (Wildman–Crippen LogP) is 3.09. The van der Waals surface area contributed by atoms with Gasteiger partial charge in [0, 0.05) is 22.8 Å². The van der Waals surface area contributed by atoms with Crippen LogP contribution in [-0.4, -0.2) is 18.2 Å². The summed E-state index contributed by atoms with van der Waals surface area (Å²) in [6, 6.07) is 12.1. The van der Waals surface area contributed by atoms with Crippen LogP contribution in [0.3, 0.4) is 0 Å². The second-order valence-electron chi connectivity index (χ2n) is 4.89. The van der Waals surface area contributed by atoms with Gasteiger partial charge in [-0.05, 0) is 36.2 Å². The fourth-order valence-electron chi connectivity index (χ4n) is 2.45. The van der Waals surface area contributed by atoms with Crippen molar-refractivity contribution in [2.24, 2.45) is 0 Å². The van der Waals surface area contributed by atoms with Gasteiger partial charge in [-0.2, -0.15) is 0 Å². The highest BCUT2D eigenvalue weighted by atomic mass is 32.2. The molecule has 1 aliphatic heterocycles. The normalized spacial score (nSPS) is 13.3. The number of hydrogen-bond donors (Lipinski definition) is 1. The Labute approximate surface area is 126 Å². The highest BCUT2D eigenvalue weighted by Gasteiger charge is 2.24. The Balaban J connectivity index is 1.69. The fourth-order valence-corrected chi connectivity index (χ4v) is 3.31. The van der Waals surface area contributed by atoms with Gasteiger partial charge in [0.2, 0.25) is 5.91 Å². The van der Waals surface area contributed by atoms with Crippen LogP contribution >= 0.6 is 11.8 Å². The molecule has 0 unspecified atom stereocenters. The van der Waals surface area contributed by atoms with Crippen LogP contribution in [0.4, 0.5) is 15.8 Å². The quantitative estimate of drug-likeness (QED) is 0.700. The largest absolute Gasteiger partial charge is 0.398 e. The maximum absolute atomic E-state index is 13.2. The smallest absolute Gasteiger partial charge is 0.237 e. The lowest BCUT2D eigenvalue weighted by molar-refractivity contribution is -0.116. The van der Waals surface area contributed by atoms with Crippen molar-refractivity contribution >= 4 is 29.0 Å². The topological polar surface area (TPSA) is 46.3 Å². The molecule has 2 aromatic rings. The third-order valence-corrected chi connectivity index (χ3v) is 4.57. The summed E-state index contributed by atoms with van der Waals surface area (Å²) in [5.41, 5.74) is 8.47. The Morgan fingerprint density at radius 2 is 2.10 bits per heavy atom. The SMILES string of the molecule is Nc1ccc(F)cc1SCC(=O)N1CCc2ccccc21. The Bertz CT molecular complexity index is 690. The van der Waals surface area contributed by atoms with E-state index in [1.807, 2.05) is 24.3 Å². The lowest BCUT2D eigenvalue weighted by atomic mass is 10.2. The first-order valence-electron chi connectivity index (χ1n) is 6.71. The lowest BCUT2D eigenvalue weighted by Gasteiger charge is -2.17. The van der Waals surface area contributed by atoms with Crippen LogP contribution in [0.2, 0.25) is 0 Å². The first kappa shape index (κ1) is 13.9. The molecular weight excluding hydrogens is 287 g/mol. The molecule has 21 heavy (non-hydrogen) atoms. The fraction of sp³-hybridized carbons (Fsp3) is 0.188. The van der Waals surface area contributed by atoms with E-state index in [0.29, 0.717) is 17.1 Å².